The predicted octanol–water partition coefficient (Wildman–Crippen LogP) is 3.61. The van der Waals surface area contributed by atoms with Crippen LogP contribution in [0.4, 0.5) is 17.2 Å². The van der Waals surface area contributed by atoms with Crippen molar-refractivity contribution < 1.29 is 5.11 Å². The molecule has 0 aliphatic carbocycles. The molecule has 5 rings (SSSR count). The molecule has 9 heteroatoms. The molecule has 0 unspecified atom stereocenters. The standard InChI is InChI=1S/C24H26N6O2S/c1-14-26-22(25)21-23(27-14)30(24(32)28-21)13-16-7-9-18-20(12-16)33-19-11-15(5-3-4-10-31)6-8-17(19)29(18)2/h6-9,11-12,31H,3-5,10,13H2,1-2H3,(H,28,32)(H2,25,26,27). The molecule has 0 spiro atoms. The molecule has 33 heavy (non-hydrogen) atoms. The number of aryl methyl sites for hydroxylation is 2. The number of imidazole rings is 1. The number of hydrogen-bond acceptors (Lipinski definition) is 7. The molecular formula is C24H26N6O2S. The molecule has 0 radical (unpaired) electrons. The van der Waals surface area contributed by atoms with E-state index in [-0.39, 0.29) is 18.1 Å². The summed E-state index contributed by atoms with van der Waals surface area (Å²) in [5.41, 5.74) is 11.3. The van der Waals surface area contributed by atoms with Crippen molar-refractivity contribution in [3.05, 3.63) is 63.8 Å². The Bertz CT molecular complexity index is 1410. The van der Waals surface area contributed by atoms with Crippen LogP contribution in [-0.4, -0.2) is 38.3 Å². The van der Waals surface area contributed by atoms with Crippen molar-refractivity contribution in [3.8, 4) is 0 Å². The first-order chi connectivity index (χ1) is 15.9. The van der Waals surface area contributed by atoms with Crippen LogP contribution in [0.15, 0.2) is 51.0 Å². The van der Waals surface area contributed by atoms with Crippen molar-refractivity contribution in [2.75, 3.05) is 24.3 Å². The summed E-state index contributed by atoms with van der Waals surface area (Å²) in [6.07, 6.45) is 2.75. The normalized spacial score (nSPS) is 12.8. The van der Waals surface area contributed by atoms with Crippen LogP contribution >= 0.6 is 11.8 Å². The maximum atomic E-state index is 12.6. The summed E-state index contributed by atoms with van der Waals surface area (Å²) in [4.78, 5) is 28.5. The van der Waals surface area contributed by atoms with Gasteiger partial charge in [0, 0.05) is 23.4 Å². The number of aromatic amines is 1. The van der Waals surface area contributed by atoms with E-state index in [1.807, 2.05) is 6.07 Å². The molecule has 1 aliphatic rings. The topological polar surface area (TPSA) is 113 Å². The summed E-state index contributed by atoms with van der Waals surface area (Å²) in [6, 6.07) is 12.9. The Morgan fingerprint density at radius 3 is 2.48 bits per heavy atom. The van der Waals surface area contributed by atoms with Crippen LogP contribution < -0.4 is 16.3 Å². The zero-order valence-electron chi connectivity index (χ0n) is 18.6. The Morgan fingerprint density at radius 1 is 1.06 bits per heavy atom. The lowest BCUT2D eigenvalue weighted by Gasteiger charge is -2.30. The van der Waals surface area contributed by atoms with E-state index in [1.165, 1.54) is 16.1 Å². The number of aliphatic hydroxyl groups is 1. The fraction of sp³-hybridized carbons (Fsp3) is 0.292. The molecule has 2 aromatic heterocycles. The minimum atomic E-state index is -0.253. The van der Waals surface area contributed by atoms with Crippen molar-refractivity contribution in [1.29, 1.82) is 0 Å². The third kappa shape index (κ3) is 3.98. The lowest BCUT2D eigenvalue weighted by atomic mass is 10.1. The molecule has 0 fully saturated rings. The second-order valence-corrected chi connectivity index (χ2v) is 9.40. The number of unbranched alkanes of at least 4 members (excludes halogenated alkanes) is 1. The average Bonchev–Trinajstić information content (AvgIpc) is 3.09. The highest BCUT2D eigenvalue weighted by Crippen LogP contribution is 2.48. The highest BCUT2D eigenvalue weighted by molar-refractivity contribution is 7.99. The smallest absolute Gasteiger partial charge is 0.328 e. The summed E-state index contributed by atoms with van der Waals surface area (Å²) >= 11 is 1.75. The monoisotopic (exact) mass is 462 g/mol. The van der Waals surface area contributed by atoms with Gasteiger partial charge in [0.15, 0.2) is 11.5 Å². The van der Waals surface area contributed by atoms with E-state index in [2.05, 4.69) is 57.2 Å². The van der Waals surface area contributed by atoms with E-state index < -0.39 is 0 Å². The summed E-state index contributed by atoms with van der Waals surface area (Å²) in [6.45, 7) is 2.38. The number of aliphatic hydroxyl groups excluding tert-OH is 1. The van der Waals surface area contributed by atoms with E-state index in [0.29, 0.717) is 23.5 Å². The minimum Gasteiger partial charge on any atom is -0.396 e. The summed E-state index contributed by atoms with van der Waals surface area (Å²) in [7, 11) is 2.08. The number of nitrogens with two attached hydrogens (primary N) is 1. The van der Waals surface area contributed by atoms with E-state index in [4.69, 9.17) is 10.8 Å². The van der Waals surface area contributed by atoms with Gasteiger partial charge in [0.1, 0.15) is 11.3 Å². The number of nitrogen functional groups attached to an aromatic ring is 1. The quantitative estimate of drug-likeness (QED) is 0.375. The van der Waals surface area contributed by atoms with Crippen LogP contribution in [0, 0.1) is 6.92 Å². The zero-order chi connectivity index (χ0) is 23.1. The Morgan fingerprint density at radius 2 is 1.76 bits per heavy atom. The number of anilines is 3. The van der Waals surface area contributed by atoms with Crippen molar-refractivity contribution in [1.82, 2.24) is 19.5 Å². The number of benzene rings is 2. The van der Waals surface area contributed by atoms with E-state index in [1.54, 1.807) is 23.3 Å². The fourth-order valence-electron chi connectivity index (χ4n) is 4.27. The summed E-state index contributed by atoms with van der Waals surface area (Å²) in [5, 5.41) is 9.05. The lowest BCUT2D eigenvalue weighted by Crippen LogP contribution is -2.18. The molecule has 8 nitrogen and oxygen atoms in total. The molecule has 0 bridgehead atoms. The van der Waals surface area contributed by atoms with Gasteiger partial charge in [-0.05, 0) is 61.6 Å². The number of rotatable bonds is 6. The SMILES string of the molecule is Cc1nc(N)c2[nH]c(=O)n(Cc3ccc4c(c3)Sc3cc(CCCCO)ccc3N4C)c2n1. The van der Waals surface area contributed by atoms with Crippen molar-refractivity contribution in [3.63, 3.8) is 0 Å². The van der Waals surface area contributed by atoms with Crippen LogP contribution in [0.1, 0.15) is 29.8 Å². The van der Waals surface area contributed by atoms with Gasteiger partial charge >= 0.3 is 5.69 Å². The van der Waals surface area contributed by atoms with Gasteiger partial charge in [-0.1, -0.05) is 23.9 Å². The average molecular weight is 463 g/mol. The van der Waals surface area contributed by atoms with Crippen molar-refractivity contribution in [2.24, 2.45) is 0 Å². The molecule has 0 saturated carbocycles. The largest absolute Gasteiger partial charge is 0.396 e. The maximum absolute atomic E-state index is 12.6. The molecule has 4 aromatic rings. The Labute approximate surface area is 195 Å². The Balaban J connectivity index is 1.46. The molecule has 1 aliphatic heterocycles. The number of fused-ring (bicyclic) bond motifs is 3. The van der Waals surface area contributed by atoms with Gasteiger partial charge in [-0.2, -0.15) is 0 Å². The van der Waals surface area contributed by atoms with Crippen LogP contribution in [0.3, 0.4) is 0 Å². The summed E-state index contributed by atoms with van der Waals surface area (Å²) in [5.74, 6) is 0.809. The molecule has 3 heterocycles. The molecule has 170 valence electrons. The van der Waals surface area contributed by atoms with Gasteiger partial charge < -0.3 is 20.7 Å². The lowest BCUT2D eigenvalue weighted by molar-refractivity contribution is 0.284. The first kappa shape index (κ1) is 21.5. The number of aromatic nitrogens is 4. The first-order valence-corrected chi connectivity index (χ1v) is 11.8. The predicted molar refractivity (Wildman–Crippen MR) is 131 cm³/mol. The number of nitrogens with one attached hydrogen (secondary N) is 1. The van der Waals surface area contributed by atoms with Gasteiger partial charge in [-0.3, -0.25) is 4.57 Å². The highest BCUT2D eigenvalue weighted by atomic mass is 32.2. The first-order valence-electron chi connectivity index (χ1n) is 11.0. The van der Waals surface area contributed by atoms with E-state index in [9.17, 15) is 4.79 Å². The Hall–Kier alpha value is -3.30. The van der Waals surface area contributed by atoms with E-state index >= 15 is 0 Å². The summed E-state index contributed by atoms with van der Waals surface area (Å²) < 4.78 is 1.60. The van der Waals surface area contributed by atoms with Crippen LogP contribution in [0.5, 0.6) is 0 Å². The molecular weight excluding hydrogens is 436 g/mol. The maximum Gasteiger partial charge on any atom is 0.328 e. The molecule has 0 atom stereocenters. The zero-order valence-corrected chi connectivity index (χ0v) is 19.4. The minimum absolute atomic E-state index is 0.232. The molecule has 0 saturated heterocycles. The fourth-order valence-corrected chi connectivity index (χ4v) is 5.55. The van der Waals surface area contributed by atoms with Crippen molar-refractivity contribution in [2.45, 2.75) is 42.5 Å². The third-order valence-corrected chi connectivity index (χ3v) is 7.06. The second-order valence-electron chi connectivity index (χ2n) is 8.32. The van der Waals surface area contributed by atoms with E-state index in [0.717, 1.165) is 35.4 Å². The van der Waals surface area contributed by atoms with Crippen LogP contribution in [-0.2, 0) is 13.0 Å². The van der Waals surface area contributed by atoms with Gasteiger partial charge in [0.2, 0.25) is 0 Å². The number of hydrogen-bond donors (Lipinski definition) is 3. The van der Waals surface area contributed by atoms with Crippen LogP contribution in [0.2, 0.25) is 0 Å². The number of nitrogens with zero attached hydrogens (tertiary/aromatic N) is 4. The second kappa shape index (κ2) is 8.57. The van der Waals surface area contributed by atoms with Gasteiger partial charge in [0.05, 0.1) is 17.9 Å². The third-order valence-electron chi connectivity index (χ3n) is 5.97. The van der Waals surface area contributed by atoms with Crippen LogP contribution in [0.25, 0.3) is 11.2 Å². The molecule has 4 N–H and O–H groups in total. The van der Waals surface area contributed by atoms with Gasteiger partial charge in [-0.15, -0.1) is 0 Å². The van der Waals surface area contributed by atoms with Gasteiger partial charge in [-0.25, -0.2) is 14.8 Å². The molecule has 2 aromatic carbocycles. The van der Waals surface area contributed by atoms with Gasteiger partial charge in [0.25, 0.3) is 0 Å². The molecule has 0 amide bonds. The number of H-pyrrole nitrogens is 1. The van der Waals surface area contributed by atoms with Crippen molar-refractivity contribution >= 4 is 40.1 Å². The Kier molecular flexibility index (Phi) is 5.59. The highest BCUT2D eigenvalue weighted by Gasteiger charge is 2.22.